The van der Waals surface area contributed by atoms with Crippen LogP contribution in [0.2, 0.25) is 0 Å². The first-order chi connectivity index (χ1) is 17.6. The lowest BCUT2D eigenvalue weighted by Crippen LogP contribution is -2.39. The van der Waals surface area contributed by atoms with Crippen LogP contribution in [0.1, 0.15) is 38.3 Å². The summed E-state index contributed by atoms with van der Waals surface area (Å²) in [5.41, 5.74) is 3.95. The van der Waals surface area contributed by atoms with Crippen molar-refractivity contribution in [2.75, 3.05) is 19.7 Å². The SMILES string of the molecule is O=S(=O)(c1ccccc1)N1CCC(Cn2ccc3nc(-c4cnn(C5CCCCO5)c4)ccc32)CC1. The summed E-state index contributed by atoms with van der Waals surface area (Å²) >= 11 is 0. The second-order valence-electron chi connectivity index (χ2n) is 9.76. The van der Waals surface area contributed by atoms with Gasteiger partial charge < -0.3 is 9.30 Å². The molecule has 1 atom stereocenters. The first-order valence-electron chi connectivity index (χ1n) is 12.8. The molecule has 2 fully saturated rings. The molecule has 2 saturated heterocycles. The molecule has 8 nitrogen and oxygen atoms in total. The molecule has 0 bridgehead atoms. The molecule has 0 amide bonds. The van der Waals surface area contributed by atoms with Crippen LogP contribution in [0.15, 0.2) is 72.0 Å². The Morgan fingerprint density at radius 1 is 0.972 bits per heavy atom. The minimum Gasteiger partial charge on any atom is -0.357 e. The normalized spacial score (nSPS) is 20.2. The number of rotatable bonds is 6. The summed E-state index contributed by atoms with van der Waals surface area (Å²) < 4.78 is 37.5. The van der Waals surface area contributed by atoms with Crippen molar-refractivity contribution >= 4 is 21.1 Å². The van der Waals surface area contributed by atoms with E-state index in [0.29, 0.717) is 23.9 Å². The van der Waals surface area contributed by atoms with Gasteiger partial charge in [0.05, 0.1) is 27.8 Å². The summed E-state index contributed by atoms with van der Waals surface area (Å²) in [6, 6.07) is 15.0. The van der Waals surface area contributed by atoms with Gasteiger partial charge in [-0.05, 0) is 68.4 Å². The molecule has 1 aromatic carbocycles. The largest absolute Gasteiger partial charge is 0.357 e. The van der Waals surface area contributed by atoms with Crippen molar-refractivity contribution in [1.82, 2.24) is 23.6 Å². The second-order valence-corrected chi connectivity index (χ2v) is 11.7. The molecule has 3 aromatic heterocycles. The number of ether oxygens (including phenoxy) is 1. The zero-order chi connectivity index (χ0) is 24.5. The van der Waals surface area contributed by atoms with E-state index in [9.17, 15) is 8.42 Å². The summed E-state index contributed by atoms with van der Waals surface area (Å²) in [7, 11) is -3.42. The van der Waals surface area contributed by atoms with Gasteiger partial charge in [0.1, 0.15) is 6.23 Å². The van der Waals surface area contributed by atoms with Crippen LogP contribution in [0.5, 0.6) is 0 Å². The van der Waals surface area contributed by atoms with Gasteiger partial charge in [-0.1, -0.05) is 18.2 Å². The third-order valence-corrected chi connectivity index (χ3v) is 9.29. The molecule has 188 valence electrons. The molecule has 0 aliphatic carbocycles. The van der Waals surface area contributed by atoms with Crippen LogP contribution < -0.4 is 0 Å². The lowest BCUT2D eigenvalue weighted by Gasteiger charge is -2.31. The van der Waals surface area contributed by atoms with Gasteiger partial charge >= 0.3 is 0 Å². The molecular weight excluding hydrogens is 474 g/mol. The number of fused-ring (bicyclic) bond motifs is 1. The van der Waals surface area contributed by atoms with Crippen LogP contribution >= 0.6 is 0 Å². The maximum absolute atomic E-state index is 12.9. The highest BCUT2D eigenvalue weighted by Crippen LogP contribution is 2.28. The second kappa shape index (κ2) is 9.80. The average molecular weight is 506 g/mol. The molecule has 0 radical (unpaired) electrons. The smallest absolute Gasteiger partial charge is 0.243 e. The monoisotopic (exact) mass is 505 g/mol. The Hall–Kier alpha value is -3.01. The van der Waals surface area contributed by atoms with Gasteiger partial charge in [-0.15, -0.1) is 0 Å². The van der Waals surface area contributed by atoms with Gasteiger partial charge in [-0.25, -0.2) is 18.1 Å². The van der Waals surface area contributed by atoms with Gasteiger partial charge in [0.15, 0.2) is 0 Å². The van der Waals surface area contributed by atoms with E-state index in [2.05, 4.69) is 34.1 Å². The van der Waals surface area contributed by atoms with Crippen LogP contribution in [0.25, 0.3) is 22.3 Å². The Labute approximate surface area is 211 Å². The minimum atomic E-state index is -3.42. The van der Waals surface area contributed by atoms with Gasteiger partial charge in [0.2, 0.25) is 10.0 Å². The summed E-state index contributed by atoms with van der Waals surface area (Å²) in [6.45, 7) is 2.76. The number of hydrogen-bond acceptors (Lipinski definition) is 5. The standard InChI is InChI=1S/C27H31N5O3S/c33-36(34,23-6-2-1-3-7-23)31-15-11-21(12-16-31)19-30-14-13-25-26(30)10-9-24(29-25)22-18-28-32(20-22)27-8-4-5-17-35-27/h1-3,6-7,9-10,13-14,18,20-21,27H,4-5,8,11-12,15-17,19H2. The molecule has 1 unspecified atom stereocenters. The molecule has 0 N–H and O–H groups in total. The number of sulfonamides is 1. The first kappa shape index (κ1) is 23.4. The average Bonchev–Trinajstić information content (AvgIpc) is 3.58. The van der Waals surface area contributed by atoms with Crippen molar-refractivity contribution in [3.8, 4) is 11.3 Å². The van der Waals surface area contributed by atoms with Crippen molar-refractivity contribution in [1.29, 1.82) is 0 Å². The molecule has 36 heavy (non-hydrogen) atoms. The Morgan fingerprint density at radius 2 is 1.81 bits per heavy atom. The van der Waals surface area contributed by atoms with E-state index in [-0.39, 0.29) is 6.23 Å². The molecule has 6 rings (SSSR count). The van der Waals surface area contributed by atoms with Crippen molar-refractivity contribution in [3.05, 3.63) is 67.1 Å². The summed E-state index contributed by atoms with van der Waals surface area (Å²) in [4.78, 5) is 5.27. The predicted molar refractivity (Wildman–Crippen MR) is 138 cm³/mol. The third-order valence-electron chi connectivity index (χ3n) is 7.38. The van der Waals surface area contributed by atoms with Gasteiger partial charge in [0, 0.05) is 44.2 Å². The Balaban J connectivity index is 1.12. The lowest BCUT2D eigenvalue weighted by molar-refractivity contribution is -0.0394. The van der Waals surface area contributed by atoms with E-state index < -0.39 is 10.0 Å². The predicted octanol–water partition coefficient (Wildman–Crippen LogP) is 4.70. The van der Waals surface area contributed by atoms with Gasteiger partial charge in [0.25, 0.3) is 0 Å². The molecule has 2 aliphatic rings. The van der Waals surface area contributed by atoms with Crippen LogP contribution in [-0.4, -0.2) is 51.8 Å². The van der Waals surface area contributed by atoms with E-state index in [0.717, 1.165) is 61.1 Å². The fraction of sp³-hybridized carbons (Fsp3) is 0.407. The Kier molecular flexibility index (Phi) is 6.37. The van der Waals surface area contributed by atoms with Gasteiger partial charge in [-0.2, -0.15) is 9.40 Å². The summed E-state index contributed by atoms with van der Waals surface area (Å²) in [5, 5.41) is 4.52. The number of pyridine rings is 1. The number of hydrogen-bond donors (Lipinski definition) is 0. The fourth-order valence-corrected chi connectivity index (χ4v) is 6.80. The zero-order valence-corrected chi connectivity index (χ0v) is 21.1. The highest BCUT2D eigenvalue weighted by atomic mass is 32.2. The maximum atomic E-state index is 12.9. The fourth-order valence-electron chi connectivity index (χ4n) is 5.31. The summed E-state index contributed by atoms with van der Waals surface area (Å²) in [6.07, 6.45) is 11.0. The van der Waals surface area contributed by atoms with Crippen LogP contribution in [0.3, 0.4) is 0 Å². The number of piperidine rings is 1. The first-order valence-corrected chi connectivity index (χ1v) is 14.2. The van der Waals surface area contributed by atoms with Crippen molar-refractivity contribution < 1.29 is 13.2 Å². The van der Waals surface area contributed by atoms with E-state index in [1.54, 1.807) is 28.6 Å². The number of benzene rings is 1. The molecular formula is C27H31N5O3S. The van der Waals surface area contributed by atoms with Crippen molar-refractivity contribution in [2.24, 2.45) is 5.92 Å². The topological polar surface area (TPSA) is 82.3 Å². The molecule has 9 heteroatoms. The molecule has 0 spiro atoms. The highest BCUT2D eigenvalue weighted by molar-refractivity contribution is 7.89. The quantitative estimate of drug-likeness (QED) is 0.379. The molecule has 0 saturated carbocycles. The lowest BCUT2D eigenvalue weighted by atomic mass is 9.98. The van der Waals surface area contributed by atoms with Crippen LogP contribution in [0.4, 0.5) is 0 Å². The highest BCUT2D eigenvalue weighted by Gasteiger charge is 2.29. The van der Waals surface area contributed by atoms with Crippen molar-refractivity contribution in [2.45, 2.75) is 49.8 Å². The number of aromatic nitrogens is 4. The molecule has 5 heterocycles. The molecule has 4 aromatic rings. The van der Waals surface area contributed by atoms with Crippen LogP contribution in [0, 0.1) is 5.92 Å². The summed E-state index contributed by atoms with van der Waals surface area (Å²) in [5.74, 6) is 0.427. The zero-order valence-electron chi connectivity index (χ0n) is 20.2. The van der Waals surface area contributed by atoms with E-state index >= 15 is 0 Å². The maximum Gasteiger partial charge on any atom is 0.243 e. The Bertz CT molecular complexity index is 1430. The number of nitrogens with zero attached hydrogens (tertiary/aromatic N) is 5. The van der Waals surface area contributed by atoms with Gasteiger partial charge in [-0.3, -0.25) is 0 Å². The van der Waals surface area contributed by atoms with E-state index in [1.165, 1.54) is 6.42 Å². The van der Waals surface area contributed by atoms with Crippen LogP contribution in [-0.2, 0) is 21.3 Å². The Morgan fingerprint density at radius 3 is 2.58 bits per heavy atom. The molecule has 2 aliphatic heterocycles. The van der Waals surface area contributed by atoms with Crippen molar-refractivity contribution in [3.63, 3.8) is 0 Å². The third kappa shape index (κ3) is 4.58. The van der Waals surface area contributed by atoms with E-state index in [1.807, 2.05) is 23.1 Å². The van der Waals surface area contributed by atoms with E-state index in [4.69, 9.17) is 9.72 Å². The minimum absolute atomic E-state index is 0.0198.